The van der Waals surface area contributed by atoms with Crippen LogP contribution in [0.4, 0.5) is 10.1 Å². The lowest BCUT2D eigenvalue weighted by Crippen LogP contribution is -2.33. The minimum absolute atomic E-state index is 0.0600. The van der Waals surface area contributed by atoms with Gasteiger partial charge >= 0.3 is 0 Å². The van der Waals surface area contributed by atoms with Crippen LogP contribution in [-0.2, 0) is 0 Å². The standard InChI is InChI=1S/C24H21BrFN3O/c1-28(2)19-10-5-16(6-11-19)24-29-22(20-13-17(25)7-12-23(20)30-24)14-21(27-29)15-3-8-18(26)9-4-15/h3-13,22,24H,14H2,1-2H3/t22-,24+/m1/s1. The van der Waals surface area contributed by atoms with Gasteiger partial charge in [-0.15, -0.1) is 0 Å². The summed E-state index contributed by atoms with van der Waals surface area (Å²) >= 11 is 3.58. The molecule has 0 N–H and O–H groups in total. The van der Waals surface area contributed by atoms with Crippen molar-refractivity contribution in [1.29, 1.82) is 0 Å². The molecule has 0 radical (unpaired) electrons. The molecule has 2 atom stereocenters. The van der Waals surface area contributed by atoms with Gasteiger partial charge in [-0.05, 0) is 48.0 Å². The van der Waals surface area contributed by atoms with E-state index in [1.807, 2.05) is 31.2 Å². The molecule has 0 fully saturated rings. The van der Waals surface area contributed by atoms with Crippen molar-refractivity contribution >= 4 is 27.3 Å². The molecule has 0 aromatic heterocycles. The van der Waals surface area contributed by atoms with E-state index in [-0.39, 0.29) is 18.1 Å². The van der Waals surface area contributed by atoms with Crippen LogP contribution in [0.15, 0.2) is 76.3 Å². The molecule has 0 saturated heterocycles. The van der Waals surface area contributed by atoms with Crippen LogP contribution in [0.1, 0.15) is 35.4 Å². The fraction of sp³-hybridized carbons (Fsp3) is 0.208. The molecular weight excluding hydrogens is 445 g/mol. The Hall–Kier alpha value is -2.86. The number of hydrogen-bond acceptors (Lipinski definition) is 4. The molecule has 0 spiro atoms. The first kappa shape index (κ1) is 19.1. The average molecular weight is 466 g/mol. The maximum absolute atomic E-state index is 13.4. The molecule has 30 heavy (non-hydrogen) atoms. The van der Waals surface area contributed by atoms with E-state index in [2.05, 4.69) is 51.2 Å². The molecule has 152 valence electrons. The molecule has 2 aliphatic heterocycles. The van der Waals surface area contributed by atoms with E-state index in [0.717, 1.165) is 44.7 Å². The van der Waals surface area contributed by atoms with Crippen LogP contribution in [0.2, 0.25) is 0 Å². The maximum Gasteiger partial charge on any atom is 0.213 e. The highest BCUT2D eigenvalue weighted by Gasteiger charge is 2.41. The van der Waals surface area contributed by atoms with E-state index in [1.54, 1.807) is 12.1 Å². The highest BCUT2D eigenvalue weighted by Crippen LogP contribution is 2.48. The molecule has 0 aliphatic carbocycles. The molecule has 0 unspecified atom stereocenters. The van der Waals surface area contributed by atoms with Crippen molar-refractivity contribution in [2.24, 2.45) is 5.10 Å². The number of ether oxygens (including phenoxy) is 1. The van der Waals surface area contributed by atoms with Crippen LogP contribution in [0.5, 0.6) is 5.75 Å². The number of hydrazone groups is 1. The lowest BCUT2D eigenvalue weighted by molar-refractivity contribution is -0.0190. The predicted octanol–water partition coefficient (Wildman–Crippen LogP) is 5.90. The molecule has 0 amide bonds. The SMILES string of the molecule is CN(C)c1ccc([C@@H]2Oc3ccc(Br)cc3[C@H]3CC(c4ccc(F)cc4)=NN32)cc1. The number of fused-ring (bicyclic) bond motifs is 3. The van der Waals surface area contributed by atoms with Crippen molar-refractivity contribution in [3.05, 3.63) is 93.7 Å². The number of anilines is 1. The van der Waals surface area contributed by atoms with E-state index in [9.17, 15) is 4.39 Å². The Kier molecular flexibility index (Phi) is 4.74. The van der Waals surface area contributed by atoms with Crippen molar-refractivity contribution in [3.63, 3.8) is 0 Å². The third-order valence-corrected chi connectivity index (χ3v) is 6.12. The van der Waals surface area contributed by atoms with Gasteiger partial charge in [0, 0.05) is 41.8 Å². The first-order valence-electron chi connectivity index (χ1n) is 9.85. The normalized spacial score (nSPS) is 19.6. The summed E-state index contributed by atoms with van der Waals surface area (Å²) < 4.78 is 20.8. The van der Waals surface area contributed by atoms with Crippen LogP contribution in [-0.4, -0.2) is 24.8 Å². The molecule has 6 heteroatoms. The molecule has 5 rings (SSSR count). The molecule has 2 heterocycles. The highest BCUT2D eigenvalue weighted by molar-refractivity contribution is 9.10. The Labute approximate surface area is 183 Å². The van der Waals surface area contributed by atoms with Crippen molar-refractivity contribution in [1.82, 2.24) is 5.01 Å². The van der Waals surface area contributed by atoms with Gasteiger partial charge in [0.1, 0.15) is 11.6 Å². The summed E-state index contributed by atoms with van der Waals surface area (Å²) in [7, 11) is 4.05. The third kappa shape index (κ3) is 3.35. The van der Waals surface area contributed by atoms with E-state index in [0.29, 0.717) is 0 Å². The van der Waals surface area contributed by atoms with Crippen molar-refractivity contribution in [2.75, 3.05) is 19.0 Å². The lowest BCUT2D eigenvalue weighted by atomic mass is 9.96. The van der Waals surface area contributed by atoms with E-state index in [1.165, 1.54) is 12.1 Å². The van der Waals surface area contributed by atoms with Gasteiger partial charge in [0.25, 0.3) is 0 Å². The van der Waals surface area contributed by atoms with Crippen LogP contribution < -0.4 is 9.64 Å². The summed E-state index contributed by atoms with van der Waals surface area (Å²) in [6.45, 7) is 0. The highest BCUT2D eigenvalue weighted by atomic mass is 79.9. The van der Waals surface area contributed by atoms with Crippen LogP contribution >= 0.6 is 15.9 Å². The number of nitrogens with zero attached hydrogens (tertiary/aromatic N) is 3. The maximum atomic E-state index is 13.4. The van der Waals surface area contributed by atoms with E-state index >= 15 is 0 Å². The van der Waals surface area contributed by atoms with Gasteiger partial charge in [-0.25, -0.2) is 9.40 Å². The first-order chi connectivity index (χ1) is 14.5. The monoisotopic (exact) mass is 465 g/mol. The summed E-state index contributed by atoms with van der Waals surface area (Å²) in [5.41, 5.74) is 5.15. The predicted molar refractivity (Wildman–Crippen MR) is 120 cm³/mol. The first-order valence-corrected chi connectivity index (χ1v) is 10.6. The second kappa shape index (κ2) is 7.43. The van der Waals surface area contributed by atoms with E-state index < -0.39 is 0 Å². The van der Waals surface area contributed by atoms with Crippen LogP contribution in [0.25, 0.3) is 0 Å². The fourth-order valence-corrected chi connectivity index (χ4v) is 4.41. The number of halogens is 2. The zero-order chi connectivity index (χ0) is 20.8. The molecular formula is C24H21BrFN3O. The summed E-state index contributed by atoms with van der Waals surface area (Å²) in [5, 5.41) is 6.97. The van der Waals surface area contributed by atoms with Crippen LogP contribution in [0, 0.1) is 5.82 Å². The molecule has 3 aromatic carbocycles. The quantitative estimate of drug-likeness (QED) is 0.482. The smallest absolute Gasteiger partial charge is 0.213 e. The van der Waals surface area contributed by atoms with Gasteiger partial charge in [0.15, 0.2) is 0 Å². The van der Waals surface area contributed by atoms with Crippen molar-refractivity contribution in [3.8, 4) is 5.75 Å². The van der Waals surface area contributed by atoms with Gasteiger partial charge in [-0.3, -0.25) is 0 Å². The zero-order valence-electron chi connectivity index (χ0n) is 16.7. The second-order valence-electron chi connectivity index (χ2n) is 7.79. The lowest BCUT2D eigenvalue weighted by Gasteiger charge is -2.38. The number of hydrogen-bond donors (Lipinski definition) is 0. The summed E-state index contributed by atoms with van der Waals surface area (Å²) in [6, 6.07) is 21.1. The van der Waals surface area contributed by atoms with Crippen molar-refractivity contribution in [2.45, 2.75) is 18.7 Å². The third-order valence-electron chi connectivity index (χ3n) is 5.62. The minimum Gasteiger partial charge on any atom is -0.464 e. The Morgan fingerprint density at radius 1 is 1.03 bits per heavy atom. The van der Waals surface area contributed by atoms with Gasteiger partial charge in [0.05, 0.1) is 11.8 Å². The molecule has 4 nitrogen and oxygen atoms in total. The van der Waals surface area contributed by atoms with Crippen LogP contribution in [0.3, 0.4) is 0 Å². The number of rotatable bonds is 3. The molecule has 2 aliphatic rings. The van der Waals surface area contributed by atoms with Gasteiger partial charge < -0.3 is 9.64 Å². The Morgan fingerprint density at radius 2 is 1.77 bits per heavy atom. The number of benzene rings is 3. The topological polar surface area (TPSA) is 28.1 Å². The molecule has 0 saturated carbocycles. The fourth-order valence-electron chi connectivity index (χ4n) is 4.03. The summed E-state index contributed by atoms with van der Waals surface area (Å²) in [5.74, 6) is 0.628. The van der Waals surface area contributed by atoms with Crippen molar-refractivity contribution < 1.29 is 9.13 Å². The zero-order valence-corrected chi connectivity index (χ0v) is 18.3. The minimum atomic E-state index is -0.321. The Bertz CT molecular complexity index is 1110. The van der Waals surface area contributed by atoms with Gasteiger partial charge in [-0.2, -0.15) is 5.10 Å². The second-order valence-corrected chi connectivity index (χ2v) is 8.71. The summed E-state index contributed by atoms with van der Waals surface area (Å²) in [6.07, 6.45) is 0.419. The molecule has 3 aromatic rings. The average Bonchev–Trinajstić information content (AvgIpc) is 3.19. The largest absolute Gasteiger partial charge is 0.464 e. The molecule has 0 bridgehead atoms. The van der Waals surface area contributed by atoms with E-state index in [4.69, 9.17) is 9.84 Å². The summed E-state index contributed by atoms with van der Waals surface area (Å²) in [4.78, 5) is 2.07. The van der Waals surface area contributed by atoms with Gasteiger partial charge in [-0.1, -0.05) is 40.2 Å². The van der Waals surface area contributed by atoms with Gasteiger partial charge in [0.2, 0.25) is 6.23 Å². The Balaban J connectivity index is 1.57. The Morgan fingerprint density at radius 3 is 2.47 bits per heavy atom.